The number of carbonyl (C=O) groups is 1. The molecule has 1 heterocycles. The smallest absolute Gasteiger partial charge is 0.223 e. The third kappa shape index (κ3) is 3.56. The van der Waals surface area contributed by atoms with Gasteiger partial charge in [-0.1, -0.05) is 12.2 Å². The highest BCUT2D eigenvalue weighted by Crippen LogP contribution is 2.37. The summed E-state index contributed by atoms with van der Waals surface area (Å²) in [6, 6.07) is 0. The molecule has 18 heavy (non-hydrogen) atoms. The molecule has 0 aromatic carbocycles. The van der Waals surface area contributed by atoms with Crippen LogP contribution in [0.1, 0.15) is 19.8 Å². The Morgan fingerprint density at radius 2 is 2.00 bits per heavy atom. The zero-order valence-corrected chi connectivity index (χ0v) is 11.3. The first kappa shape index (κ1) is 13.6. The van der Waals surface area contributed by atoms with Gasteiger partial charge in [0.25, 0.3) is 0 Å². The molecule has 0 aromatic rings. The molecule has 1 saturated carbocycles. The maximum atomic E-state index is 11.9. The zero-order chi connectivity index (χ0) is 13.0. The molecule has 4 heteroatoms. The van der Waals surface area contributed by atoms with Gasteiger partial charge < -0.3 is 10.1 Å². The van der Waals surface area contributed by atoms with E-state index in [0.717, 1.165) is 52.2 Å². The Labute approximate surface area is 109 Å². The second-order valence-corrected chi connectivity index (χ2v) is 5.46. The summed E-state index contributed by atoms with van der Waals surface area (Å²) < 4.78 is 5.29. The molecule has 1 saturated heterocycles. The molecule has 1 aliphatic carbocycles. The number of nitrogens with zero attached hydrogens (tertiary/aromatic N) is 1. The van der Waals surface area contributed by atoms with Gasteiger partial charge in [0, 0.05) is 32.1 Å². The lowest BCUT2D eigenvalue weighted by molar-refractivity contribution is -0.128. The van der Waals surface area contributed by atoms with Gasteiger partial charge in [-0.25, -0.2) is 0 Å². The van der Waals surface area contributed by atoms with Gasteiger partial charge >= 0.3 is 0 Å². The summed E-state index contributed by atoms with van der Waals surface area (Å²) >= 11 is 0. The molecule has 2 fully saturated rings. The van der Waals surface area contributed by atoms with Crippen LogP contribution < -0.4 is 5.32 Å². The Hall–Kier alpha value is -0.870. The average Bonchev–Trinajstić information content (AvgIpc) is 2.28. The van der Waals surface area contributed by atoms with Crippen LogP contribution in [0, 0.1) is 11.8 Å². The minimum atomic E-state index is 0.219. The molecular weight excluding hydrogens is 228 g/mol. The molecular formula is C14H24N2O2. The van der Waals surface area contributed by atoms with Crippen LogP contribution in [-0.2, 0) is 9.53 Å². The topological polar surface area (TPSA) is 41.6 Å². The molecule has 2 aliphatic rings. The van der Waals surface area contributed by atoms with Crippen LogP contribution in [0.5, 0.6) is 0 Å². The van der Waals surface area contributed by atoms with Crippen molar-refractivity contribution >= 4 is 5.91 Å². The number of hydrogen-bond acceptors (Lipinski definition) is 3. The van der Waals surface area contributed by atoms with Gasteiger partial charge in [-0.2, -0.15) is 0 Å². The normalized spacial score (nSPS) is 28.5. The Balaban J connectivity index is 1.57. The highest BCUT2D eigenvalue weighted by Gasteiger charge is 2.34. The minimum Gasteiger partial charge on any atom is -0.379 e. The summed E-state index contributed by atoms with van der Waals surface area (Å²) in [6.45, 7) is 11.3. The first-order valence-electron chi connectivity index (χ1n) is 6.90. The van der Waals surface area contributed by atoms with E-state index in [0.29, 0.717) is 5.92 Å². The van der Waals surface area contributed by atoms with Gasteiger partial charge in [-0.05, 0) is 25.7 Å². The Kier molecular flexibility index (Phi) is 4.78. The first-order valence-corrected chi connectivity index (χ1v) is 6.90. The van der Waals surface area contributed by atoms with E-state index in [-0.39, 0.29) is 11.8 Å². The summed E-state index contributed by atoms with van der Waals surface area (Å²) in [7, 11) is 0. The largest absolute Gasteiger partial charge is 0.379 e. The Morgan fingerprint density at radius 3 is 2.61 bits per heavy atom. The molecule has 0 aromatic heterocycles. The van der Waals surface area contributed by atoms with E-state index in [2.05, 4.69) is 23.7 Å². The van der Waals surface area contributed by atoms with Crippen LogP contribution in [0.3, 0.4) is 0 Å². The van der Waals surface area contributed by atoms with Gasteiger partial charge in [0.1, 0.15) is 0 Å². The molecule has 102 valence electrons. The van der Waals surface area contributed by atoms with Crippen molar-refractivity contribution in [2.45, 2.75) is 19.8 Å². The highest BCUT2D eigenvalue weighted by atomic mass is 16.5. The molecule has 2 rings (SSSR count). The summed E-state index contributed by atoms with van der Waals surface area (Å²) in [5.41, 5.74) is 1.22. The van der Waals surface area contributed by atoms with Gasteiger partial charge in [0.2, 0.25) is 5.91 Å². The predicted octanol–water partition coefficient (Wildman–Crippen LogP) is 1.04. The van der Waals surface area contributed by atoms with Crippen molar-refractivity contribution in [2.24, 2.45) is 11.8 Å². The molecule has 1 aliphatic heterocycles. The van der Waals surface area contributed by atoms with Crippen molar-refractivity contribution in [3.8, 4) is 0 Å². The predicted molar refractivity (Wildman–Crippen MR) is 71.3 cm³/mol. The fraction of sp³-hybridized carbons (Fsp3) is 0.786. The van der Waals surface area contributed by atoms with E-state index in [9.17, 15) is 4.79 Å². The fourth-order valence-electron chi connectivity index (χ4n) is 2.54. The number of allylic oxidation sites excluding steroid dienone is 1. The van der Waals surface area contributed by atoms with E-state index < -0.39 is 0 Å². The van der Waals surface area contributed by atoms with E-state index >= 15 is 0 Å². The van der Waals surface area contributed by atoms with Gasteiger partial charge in [0.05, 0.1) is 13.2 Å². The minimum absolute atomic E-state index is 0.219. The quantitative estimate of drug-likeness (QED) is 0.743. The molecule has 0 radical (unpaired) electrons. The van der Waals surface area contributed by atoms with Crippen LogP contribution in [0.2, 0.25) is 0 Å². The summed E-state index contributed by atoms with van der Waals surface area (Å²) in [4.78, 5) is 14.2. The van der Waals surface area contributed by atoms with Gasteiger partial charge in [-0.15, -0.1) is 0 Å². The molecule has 1 N–H and O–H groups in total. The third-order valence-electron chi connectivity index (χ3n) is 4.04. The maximum Gasteiger partial charge on any atom is 0.223 e. The van der Waals surface area contributed by atoms with E-state index in [1.807, 2.05) is 0 Å². The number of nitrogens with one attached hydrogen (secondary N) is 1. The van der Waals surface area contributed by atoms with Crippen molar-refractivity contribution in [1.29, 1.82) is 0 Å². The fourth-order valence-corrected chi connectivity index (χ4v) is 2.54. The standard InChI is InChI=1S/C14H24N2O2/c1-11(2)12-9-13(10-12)14(17)15-3-4-16-5-7-18-8-6-16/h12-13H,1,3-10H2,2H3,(H,15,17). The van der Waals surface area contributed by atoms with Gasteiger partial charge in [0.15, 0.2) is 0 Å². The van der Waals surface area contributed by atoms with Crippen LogP contribution in [0.25, 0.3) is 0 Å². The lowest BCUT2D eigenvalue weighted by Crippen LogP contribution is -2.44. The lowest BCUT2D eigenvalue weighted by atomic mass is 9.71. The van der Waals surface area contributed by atoms with Gasteiger partial charge in [-0.3, -0.25) is 9.69 Å². The van der Waals surface area contributed by atoms with Crippen molar-refractivity contribution in [3.05, 3.63) is 12.2 Å². The number of amides is 1. The summed E-state index contributed by atoms with van der Waals surface area (Å²) in [5, 5.41) is 3.04. The summed E-state index contributed by atoms with van der Waals surface area (Å²) in [6.07, 6.45) is 1.97. The SMILES string of the molecule is C=C(C)C1CC(C(=O)NCCN2CCOCC2)C1. The molecule has 1 amide bonds. The van der Waals surface area contributed by atoms with Crippen LogP contribution in [0.15, 0.2) is 12.2 Å². The first-order chi connectivity index (χ1) is 8.66. The highest BCUT2D eigenvalue weighted by molar-refractivity contribution is 5.79. The monoisotopic (exact) mass is 252 g/mol. The Morgan fingerprint density at radius 1 is 1.33 bits per heavy atom. The molecule has 0 unspecified atom stereocenters. The third-order valence-corrected chi connectivity index (χ3v) is 4.04. The van der Waals surface area contributed by atoms with E-state index in [1.165, 1.54) is 5.57 Å². The van der Waals surface area contributed by atoms with Crippen molar-refractivity contribution in [3.63, 3.8) is 0 Å². The Bertz CT molecular complexity index is 305. The molecule has 0 bridgehead atoms. The average molecular weight is 252 g/mol. The lowest BCUT2D eigenvalue weighted by Gasteiger charge is -2.35. The van der Waals surface area contributed by atoms with Crippen molar-refractivity contribution in [1.82, 2.24) is 10.2 Å². The van der Waals surface area contributed by atoms with Crippen molar-refractivity contribution < 1.29 is 9.53 Å². The molecule has 0 spiro atoms. The van der Waals surface area contributed by atoms with Crippen LogP contribution in [0.4, 0.5) is 0 Å². The number of morpholine rings is 1. The van der Waals surface area contributed by atoms with E-state index in [4.69, 9.17) is 4.74 Å². The van der Waals surface area contributed by atoms with Crippen molar-refractivity contribution in [2.75, 3.05) is 39.4 Å². The van der Waals surface area contributed by atoms with Crippen LogP contribution in [-0.4, -0.2) is 50.2 Å². The number of rotatable bonds is 5. The second kappa shape index (κ2) is 6.34. The molecule has 0 atom stereocenters. The number of ether oxygens (including phenoxy) is 1. The van der Waals surface area contributed by atoms with E-state index in [1.54, 1.807) is 0 Å². The number of carbonyl (C=O) groups excluding carboxylic acids is 1. The number of hydrogen-bond donors (Lipinski definition) is 1. The zero-order valence-electron chi connectivity index (χ0n) is 11.3. The molecule has 4 nitrogen and oxygen atoms in total. The maximum absolute atomic E-state index is 11.9. The second-order valence-electron chi connectivity index (χ2n) is 5.46. The summed E-state index contributed by atoms with van der Waals surface area (Å²) in [5.74, 6) is 1.01. The van der Waals surface area contributed by atoms with Crippen LogP contribution >= 0.6 is 0 Å².